The highest BCUT2D eigenvalue weighted by molar-refractivity contribution is 5.96. The normalized spacial score (nSPS) is 10.9. The first kappa shape index (κ1) is 20.0. The van der Waals surface area contributed by atoms with E-state index in [0.717, 1.165) is 10.5 Å². The minimum absolute atomic E-state index is 0.00730. The van der Waals surface area contributed by atoms with E-state index in [9.17, 15) is 9.18 Å². The highest BCUT2D eigenvalue weighted by Gasteiger charge is 2.23. The van der Waals surface area contributed by atoms with Crippen molar-refractivity contribution in [1.29, 1.82) is 0 Å². The van der Waals surface area contributed by atoms with Crippen molar-refractivity contribution in [2.75, 3.05) is 30.5 Å². The van der Waals surface area contributed by atoms with Gasteiger partial charge in [0, 0.05) is 13.2 Å². The number of ether oxygens (including phenoxy) is 1. The first-order chi connectivity index (χ1) is 14.9. The second-order valence-corrected chi connectivity index (χ2v) is 6.71. The Morgan fingerprint density at radius 2 is 1.94 bits per heavy atom. The van der Waals surface area contributed by atoms with Gasteiger partial charge in [0.2, 0.25) is 0 Å². The van der Waals surface area contributed by atoms with Crippen LogP contribution in [0.5, 0.6) is 0 Å². The number of methoxy groups -OCH3 is 1. The number of hydrogen-bond acceptors (Lipinski definition) is 8. The molecule has 3 heterocycles. The van der Waals surface area contributed by atoms with Gasteiger partial charge in [-0.15, -0.1) is 0 Å². The molecule has 0 atom stereocenters. The molecule has 0 unspecified atom stereocenters. The Morgan fingerprint density at radius 3 is 2.61 bits per heavy atom. The zero-order valence-corrected chi connectivity index (χ0v) is 16.8. The average molecular weight is 422 g/mol. The molecule has 11 heteroatoms. The Bertz CT molecular complexity index is 1270. The van der Waals surface area contributed by atoms with Gasteiger partial charge in [-0.1, -0.05) is 12.1 Å². The van der Waals surface area contributed by atoms with Crippen molar-refractivity contribution in [3.8, 4) is 11.5 Å². The molecule has 1 aromatic carbocycles. The number of anilines is 3. The molecule has 4 aromatic rings. The fourth-order valence-electron chi connectivity index (χ4n) is 3.26. The molecule has 3 aromatic heterocycles. The van der Waals surface area contributed by atoms with E-state index in [1.165, 1.54) is 26.3 Å². The van der Waals surface area contributed by atoms with Crippen molar-refractivity contribution in [2.45, 2.75) is 6.54 Å². The van der Waals surface area contributed by atoms with E-state index in [2.05, 4.69) is 24.8 Å². The van der Waals surface area contributed by atoms with Crippen LogP contribution >= 0.6 is 0 Å². The second kappa shape index (κ2) is 7.86. The summed E-state index contributed by atoms with van der Waals surface area (Å²) in [7, 11) is 2.69. The van der Waals surface area contributed by atoms with Crippen molar-refractivity contribution in [3.05, 3.63) is 54.0 Å². The molecule has 0 saturated heterocycles. The maximum absolute atomic E-state index is 13.6. The third-order valence-corrected chi connectivity index (χ3v) is 4.66. The molecule has 4 N–H and O–H groups in total. The monoisotopic (exact) mass is 422 g/mol. The van der Waals surface area contributed by atoms with E-state index in [1.807, 2.05) is 6.07 Å². The highest BCUT2D eigenvalue weighted by Crippen LogP contribution is 2.32. The van der Waals surface area contributed by atoms with Gasteiger partial charge in [-0.05, 0) is 29.8 Å². The number of nitrogens with two attached hydrogens (primary N) is 2. The van der Waals surface area contributed by atoms with Gasteiger partial charge in [0.05, 0.1) is 19.0 Å². The lowest BCUT2D eigenvalue weighted by Crippen LogP contribution is -2.28. The van der Waals surface area contributed by atoms with Gasteiger partial charge in [0.15, 0.2) is 23.1 Å². The smallest absolute Gasteiger partial charge is 0.413 e. The number of hydrogen-bond donors (Lipinski definition) is 2. The molecule has 1 amide bonds. The van der Waals surface area contributed by atoms with E-state index in [4.69, 9.17) is 11.5 Å². The molecule has 0 fully saturated rings. The number of benzene rings is 1. The second-order valence-electron chi connectivity index (χ2n) is 6.71. The van der Waals surface area contributed by atoms with Crippen molar-refractivity contribution >= 4 is 34.4 Å². The first-order valence-corrected chi connectivity index (χ1v) is 9.20. The topological polar surface area (TPSA) is 138 Å². The summed E-state index contributed by atoms with van der Waals surface area (Å²) in [5.41, 5.74) is 14.0. The number of carbonyl (C=O) groups excluding carboxylic acids is 1. The average Bonchev–Trinajstić information content (AvgIpc) is 3.11. The van der Waals surface area contributed by atoms with Crippen LogP contribution in [0.1, 0.15) is 5.56 Å². The van der Waals surface area contributed by atoms with Gasteiger partial charge in [-0.2, -0.15) is 5.10 Å². The number of nitrogens with zero attached hydrogens (tertiary/aromatic N) is 6. The molecule has 10 nitrogen and oxygen atoms in total. The van der Waals surface area contributed by atoms with Crippen molar-refractivity contribution in [2.24, 2.45) is 0 Å². The molecule has 0 spiro atoms. The number of aromatic nitrogens is 5. The third-order valence-electron chi connectivity index (χ3n) is 4.66. The Labute approximate surface area is 176 Å². The summed E-state index contributed by atoms with van der Waals surface area (Å²) >= 11 is 0. The molecule has 4 rings (SSSR count). The number of carbonyl (C=O) groups is 1. The molecule has 0 saturated carbocycles. The summed E-state index contributed by atoms with van der Waals surface area (Å²) in [5.74, 6) is -0.177. The molecule has 0 bridgehead atoms. The number of pyridine rings is 1. The predicted molar refractivity (Wildman–Crippen MR) is 114 cm³/mol. The summed E-state index contributed by atoms with van der Waals surface area (Å²) in [6.07, 6.45) is 0.970. The van der Waals surface area contributed by atoms with Gasteiger partial charge >= 0.3 is 6.09 Å². The number of fused-ring (bicyclic) bond motifs is 1. The number of amides is 1. The van der Waals surface area contributed by atoms with Crippen LogP contribution in [0.3, 0.4) is 0 Å². The molecule has 31 heavy (non-hydrogen) atoms. The van der Waals surface area contributed by atoms with Gasteiger partial charge in [0.1, 0.15) is 17.2 Å². The lowest BCUT2D eigenvalue weighted by Gasteiger charge is -2.18. The van der Waals surface area contributed by atoms with Crippen molar-refractivity contribution in [1.82, 2.24) is 24.7 Å². The van der Waals surface area contributed by atoms with Crippen LogP contribution < -0.4 is 16.4 Å². The van der Waals surface area contributed by atoms with Crippen molar-refractivity contribution in [3.63, 3.8) is 0 Å². The minimum Gasteiger partial charge on any atom is -0.452 e. The molecule has 0 aliphatic rings. The lowest BCUT2D eigenvalue weighted by atomic mass is 10.2. The third kappa shape index (κ3) is 3.68. The zero-order chi connectivity index (χ0) is 22.1. The maximum atomic E-state index is 13.6. The molecule has 0 aliphatic heterocycles. The SMILES string of the molecule is COC(=O)N(C)c1c(N)nc(-c2nn(Cc3cccc(F)c3)c3ncccc23)nc1N. The van der Waals surface area contributed by atoms with Crippen LogP contribution in [0, 0.1) is 5.82 Å². The fraction of sp³-hybridized carbons (Fsp3) is 0.150. The Morgan fingerprint density at radius 1 is 1.19 bits per heavy atom. The van der Waals surface area contributed by atoms with Crippen LogP contribution in [0.4, 0.5) is 26.5 Å². The summed E-state index contributed by atoms with van der Waals surface area (Å²) < 4.78 is 19.9. The Kier molecular flexibility index (Phi) is 5.07. The predicted octanol–water partition coefficient (Wildman–Crippen LogP) is 2.44. The standard InChI is InChI=1S/C20H19FN8O2/c1-28(20(30)31-2)15-16(22)25-18(26-17(15)23)14-13-7-4-8-24-19(13)29(27-14)10-11-5-3-6-12(21)9-11/h3-9H,10H2,1-2H3,(H4,22,23,25,26). The van der Waals surface area contributed by atoms with Crippen LogP contribution in [-0.4, -0.2) is 45.0 Å². The number of halogens is 1. The number of nitrogen functional groups attached to an aromatic ring is 2. The highest BCUT2D eigenvalue weighted by atomic mass is 19.1. The van der Waals surface area contributed by atoms with Gasteiger partial charge in [0.25, 0.3) is 0 Å². The summed E-state index contributed by atoms with van der Waals surface area (Å²) in [6.45, 7) is 0.291. The summed E-state index contributed by atoms with van der Waals surface area (Å²) in [6, 6.07) is 9.80. The summed E-state index contributed by atoms with van der Waals surface area (Å²) in [5, 5.41) is 5.26. The minimum atomic E-state index is -0.663. The number of rotatable bonds is 4. The van der Waals surface area contributed by atoms with Crippen molar-refractivity contribution < 1.29 is 13.9 Å². The Balaban J connectivity index is 1.81. The fourth-order valence-corrected chi connectivity index (χ4v) is 3.26. The van der Waals surface area contributed by atoms with Crippen LogP contribution in [0.15, 0.2) is 42.6 Å². The largest absolute Gasteiger partial charge is 0.452 e. The first-order valence-electron chi connectivity index (χ1n) is 9.20. The zero-order valence-electron chi connectivity index (χ0n) is 16.8. The van der Waals surface area contributed by atoms with Crippen LogP contribution in [0.2, 0.25) is 0 Å². The van der Waals surface area contributed by atoms with Crippen LogP contribution in [0.25, 0.3) is 22.6 Å². The molecule has 0 aliphatic carbocycles. The van der Waals surface area contributed by atoms with E-state index in [-0.39, 0.29) is 29.0 Å². The van der Waals surface area contributed by atoms with Crippen LogP contribution in [-0.2, 0) is 11.3 Å². The maximum Gasteiger partial charge on any atom is 0.413 e. The van der Waals surface area contributed by atoms with Gasteiger partial charge < -0.3 is 16.2 Å². The molecular weight excluding hydrogens is 403 g/mol. The summed E-state index contributed by atoms with van der Waals surface area (Å²) in [4.78, 5) is 25.9. The lowest BCUT2D eigenvalue weighted by molar-refractivity contribution is 0.180. The van der Waals surface area contributed by atoms with Gasteiger partial charge in [-0.25, -0.2) is 28.8 Å². The Hall–Kier alpha value is -4.28. The van der Waals surface area contributed by atoms with E-state index >= 15 is 0 Å². The van der Waals surface area contributed by atoms with E-state index < -0.39 is 6.09 Å². The van der Waals surface area contributed by atoms with E-state index in [1.54, 1.807) is 29.1 Å². The molecule has 158 valence electrons. The van der Waals surface area contributed by atoms with Gasteiger partial charge in [-0.3, -0.25) is 4.90 Å². The molecular formula is C20H19FN8O2. The van der Waals surface area contributed by atoms with E-state index in [0.29, 0.717) is 23.3 Å². The quantitative estimate of drug-likeness (QED) is 0.511. The molecule has 0 radical (unpaired) electrons.